The van der Waals surface area contributed by atoms with Crippen molar-refractivity contribution < 1.29 is 14.3 Å². The molecule has 1 aliphatic carbocycles. The molecule has 2 aromatic heterocycles. The van der Waals surface area contributed by atoms with Crippen LogP contribution in [0.15, 0.2) is 41.0 Å². The highest BCUT2D eigenvalue weighted by molar-refractivity contribution is 9.10. The molecule has 33 heavy (non-hydrogen) atoms. The summed E-state index contributed by atoms with van der Waals surface area (Å²) >= 11 is 3.60. The van der Waals surface area contributed by atoms with E-state index in [0.29, 0.717) is 31.0 Å². The molecule has 0 bridgehead atoms. The molecule has 1 fully saturated rings. The van der Waals surface area contributed by atoms with Crippen molar-refractivity contribution in [1.29, 1.82) is 0 Å². The van der Waals surface area contributed by atoms with Crippen LogP contribution < -0.4 is 10.1 Å². The van der Waals surface area contributed by atoms with Crippen molar-refractivity contribution in [3.63, 3.8) is 0 Å². The number of fused-ring (bicyclic) bond motifs is 3. The molecule has 3 aromatic rings. The first-order valence-electron chi connectivity index (χ1n) is 10.8. The lowest BCUT2D eigenvalue weighted by Gasteiger charge is -2.40. The summed E-state index contributed by atoms with van der Waals surface area (Å²) in [6, 6.07) is 9.64. The number of ether oxygens (including phenoxy) is 1. The van der Waals surface area contributed by atoms with Crippen LogP contribution in [0, 0.1) is 0 Å². The van der Waals surface area contributed by atoms with Gasteiger partial charge < -0.3 is 15.0 Å². The molecule has 9 heteroatoms. The molecule has 5 rings (SSSR count). The molecule has 2 aliphatic rings. The zero-order valence-electron chi connectivity index (χ0n) is 18.7. The van der Waals surface area contributed by atoms with Gasteiger partial charge in [0.2, 0.25) is 5.91 Å². The summed E-state index contributed by atoms with van der Waals surface area (Å²) < 4.78 is 8.06. The minimum Gasteiger partial charge on any atom is -0.496 e. The van der Waals surface area contributed by atoms with E-state index in [4.69, 9.17) is 9.84 Å². The molecule has 1 aromatic carbocycles. The number of aryl methyl sites for hydroxylation is 1. The van der Waals surface area contributed by atoms with E-state index in [9.17, 15) is 9.59 Å². The average Bonchev–Trinajstić information content (AvgIpc) is 3.21. The van der Waals surface area contributed by atoms with Gasteiger partial charge in [0.1, 0.15) is 11.3 Å². The Bertz CT molecular complexity index is 1270. The summed E-state index contributed by atoms with van der Waals surface area (Å²) in [6.07, 6.45) is 3.11. The lowest BCUT2D eigenvalue weighted by molar-refractivity contribution is -0.133. The van der Waals surface area contributed by atoms with E-state index in [0.717, 1.165) is 39.0 Å². The predicted octanol–water partition coefficient (Wildman–Crippen LogP) is 3.15. The van der Waals surface area contributed by atoms with E-state index >= 15 is 0 Å². The first-order valence-corrected chi connectivity index (χ1v) is 11.6. The van der Waals surface area contributed by atoms with Crippen LogP contribution in [0.5, 0.6) is 5.75 Å². The van der Waals surface area contributed by atoms with Gasteiger partial charge in [0.25, 0.3) is 5.91 Å². The summed E-state index contributed by atoms with van der Waals surface area (Å²) in [5.41, 5.74) is 3.24. The van der Waals surface area contributed by atoms with Crippen LogP contribution in [0.25, 0.3) is 17.1 Å². The number of piperazine rings is 1. The van der Waals surface area contributed by atoms with E-state index in [1.807, 2.05) is 30.3 Å². The normalized spacial score (nSPS) is 16.6. The zero-order chi connectivity index (χ0) is 23.3. The Morgan fingerprint density at radius 3 is 2.79 bits per heavy atom. The summed E-state index contributed by atoms with van der Waals surface area (Å²) in [6.45, 7) is 4.38. The smallest absolute Gasteiger partial charge is 0.275 e. The minimum atomic E-state index is -0.958. The van der Waals surface area contributed by atoms with Crippen LogP contribution in [0.3, 0.4) is 0 Å². The van der Waals surface area contributed by atoms with E-state index in [1.54, 1.807) is 36.7 Å². The number of amides is 2. The van der Waals surface area contributed by atoms with Crippen LogP contribution >= 0.6 is 15.9 Å². The van der Waals surface area contributed by atoms with Crippen molar-refractivity contribution >= 4 is 27.7 Å². The second-order valence-corrected chi connectivity index (χ2v) is 9.55. The molecule has 0 saturated carbocycles. The third-order valence-corrected chi connectivity index (χ3v) is 7.05. The van der Waals surface area contributed by atoms with Gasteiger partial charge in [0.05, 0.1) is 17.3 Å². The number of carbonyl (C=O) groups excluding carboxylic acids is 2. The molecule has 170 valence electrons. The van der Waals surface area contributed by atoms with Crippen LogP contribution in [0.2, 0.25) is 0 Å². The molecule has 1 aliphatic heterocycles. The fourth-order valence-corrected chi connectivity index (χ4v) is 5.11. The number of pyridine rings is 1. The summed E-state index contributed by atoms with van der Waals surface area (Å²) in [5.74, 6) is 0.986. The van der Waals surface area contributed by atoms with E-state index in [1.165, 1.54) is 0 Å². The minimum absolute atomic E-state index is 0.165. The first-order chi connectivity index (χ1) is 15.8. The SMILES string of the molecule is COc1cc2c(cc1Br)-c1c(c(C(=O)N3CCNC(=O)C3(C)C)nn1-c1ccccn1)CC2. The van der Waals surface area contributed by atoms with Crippen molar-refractivity contribution in [3.05, 3.63) is 57.8 Å². The Kier molecular flexibility index (Phi) is 5.23. The van der Waals surface area contributed by atoms with Gasteiger partial charge in [-0.2, -0.15) is 5.10 Å². The highest BCUT2D eigenvalue weighted by atomic mass is 79.9. The van der Waals surface area contributed by atoms with Gasteiger partial charge in [-0.1, -0.05) is 6.07 Å². The number of nitrogens with zero attached hydrogens (tertiary/aromatic N) is 4. The Labute approximate surface area is 200 Å². The van der Waals surface area contributed by atoms with Gasteiger partial charge in [0, 0.05) is 30.4 Å². The number of rotatable bonds is 3. The van der Waals surface area contributed by atoms with Gasteiger partial charge in [0.15, 0.2) is 11.5 Å². The third kappa shape index (κ3) is 3.42. The van der Waals surface area contributed by atoms with Gasteiger partial charge in [-0.25, -0.2) is 9.67 Å². The fourth-order valence-electron chi connectivity index (χ4n) is 4.60. The molecule has 1 N–H and O–H groups in total. The third-order valence-electron chi connectivity index (χ3n) is 6.43. The highest BCUT2D eigenvalue weighted by Gasteiger charge is 2.43. The Balaban J connectivity index is 1.71. The van der Waals surface area contributed by atoms with Crippen molar-refractivity contribution in [1.82, 2.24) is 25.0 Å². The van der Waals surface area contributed by atoms with Gasteiger partial charge in [-0.15, -0.1) is 0 Å². The van der Waals surface area contributed by atoms with Crippen molar-refractivity contribution in [2.24, 2.45) is 0 Å². The van der Waals surface area contributed by atoms with Crippen LogP contribution in [0.4, 0.5) is 0 Å². The number of halogens is 1. The number of carbonyl (C=O) groups is 2. The molecule has 1 saturated heterocycles. The summed E-state index contributed by atoms with van der Waals surface area (Å²) in [4.78, 5) is 32.4. The second-order valence-electron chi connectivity index (χ2n) is 8.69. The summed E-state index contributed by atoms with van der Waals surface area (Å²) in [5, 5.41) is 7.63. The molecule has 0 unspecified atom stereocenters. The predicted molar refractivity (Wildman–Crippen MR) is 127 cm³/mol. The number of hydrogen-bond donors (Lipinski definition) is 1. The van der Waals surface area contributed by atoms with Gasteiger partial charge >= 0.3 is 0 Å². The van der Waals surface area contributed by atoms with E-state index in [2.05, 4.69) is 26.2 Å². The molecular weight excluding hydrogens is 486 g/mol. The number of nitrogens with one attached hydrogen (secondary N) is 1. The second kappa shape index (κ2) is 7.98. The Hall–Kier alpha value is -3.20. The number of aromatic nitrogens is 3. The molecule has 3 heterocycles. The molecule has 0 spiro atoms. The van der Waals surface area contributed by atoms with E-state index < -0.39 is 5.54 Å². The maximum absolute atomic E-state index is 13.8. The zero-order valence-corrected chi connectivity index (χ0v) is 20.3. The lowest BCUT2D eigenvalue weighted by atomic mass is 9.88. The maximum atomic E-state index is 13.8. The molecule has 2 amide bonds. The molecule has 8 nitrogen and oxygen atoms in total. The van der Waals surface area contributed by atoms with Crippen molar-refractivity contribution in [3.8, 4) is 22.8 Å². The quantitative estimate of drug-likeness (QED) is 0.585. The van der Waals surface area contributed by atoms with Crippen LogP contribution in [0.1, 0.15) is 35.5 Å². The lowest BCUT2D eigenvalue weighted by Crippen LogP contribution is -2.63. The molecular formula is C24H24BrN5O3. The topological polar surface area (TPSA) is 89.4 Å². The first kappa shape index (κ1) is 21.6. The van der Waals surface area contributed by atoms with Crippen LogP contribution in [-0.2, 0) is 17.6 Å². The highest BCUT2D eigenvalue weighted by Crippen LogP contribution is 2.41. The van der Waals surface area contributed by atoms with Gasteiger partial charge in [-0.3, -0.25) is 9.59 Å². The van der Waals surface area contributed by atoms with Gasteiger partial charge in [-0.05, 0) is 72.4 Å². The standard InChI is InChI=1S/C24H24BrN5O3/c1-24(2)23(32)27-10-11-29(24)22(31)20-15-8-7-14-12-18(33-3)17(25)13-16(14)21(15)30(28-20)19-6-4-5-9-26-19/h4-6,9,12-13H,7-8,10-11H2,1-3H3,(H,27,32). The number of methoxy groups -OCH3 is 1. The van der Waals surface area contributed by atoms with Crippen molar-refractivity contribution in [2.45, 2.75) is 32.2 Å². The largest absolute Gasteiger partial charge is 0.496 e. The number of benzene rings is 1. The summed E-state index contributed by atoms with van der Waals surface area (Å²) in [7, 11) is 1.65. The average molecular weight is 510 g/mol. The van der Waals surface area contributed by atoms with Crippen LogP contribution in [-0.4, -0.2) is 57.2 Å². The molecule has 0 radical (unpaired) electrons. The maximum Gasteiger partial charge on any atom is 0.275 e. The monoisotopic (exact) mass is 509 g/mol. The van der Waals surface area contributed by atoms with E-state index in [-0.39, 0.29) is 11.8 Å². The molecule has 0 atom stereocenters. The van der Waals surface area contributed by atoms with Crippen molar-refractivity contribution in [2.75, 3.05) is 20.2 Å². The Morgan fingerprint density at radius 1 is 1.24 bits per heavy atom. The number of hydrogen-bond acceptors (Lipinski definition) is 5. The fraction of sp³-hybridized carbons (Fsp3) is 0.333. The Morgan fingerprint density at radius 2 is 2.06 bits per heavy atom.